The molecule has 0 heterocycles. The van der Waals surface area contributed by atoms with Crippen LogP contribution in [0.1, 0.15) is 38.2 Å². The molecular weight excluding hydrogens is 420 g/mol. The lowest BCUT2D eigenvalue weighted by atomic mass is 10.1. The molecule has 0 saturated heterocycles. The third-order valence-electron chi connectivity index (χ3n) is 4.44. The van der Waals surface area contributed by atoms with E-state index in [1.54, 1.807) is 24.3 Å². The van der Waals surface area contributed by atoms with Gasteiger partial charge in [-0.05, 0) is 30.5 Å². The first-order valence-electron chi connectivity index (χ1n) is 9.89. The average molecular weight is 448 g/mol. The molecule has 5 N–H and O–H groups in total. The topological polar surface area (TPSA) is 175 Å². The minimum atomic E-state index is -1.15. The van der Waals surface area contributed by atoms with Crippen LogP contribution in [0.4, 0.5) is 0 Å². The third kappa shape index (κ3) is 9.83. The van der Waals surface area contributed by atoms with Gasteiger partial charge in [-0.15, -0.1) is 0 Å². The van der Waals surface area contributed by atoms with E-state index in [-0.39, 0.29) is 32.2 Å². The highest BCUT2D eigenvalue weighted by atomic mass is 16.5. The number of methoxy groups -OCH3 is 1. The molecule has 0 bridgehead atoms. The Morgan fingerprint density at radius 1 is 1.00 bits per heavy atom. The van der Waals surface area contributed by atoms with E-state index in [1.165, 1.54) is 14.0 Å². The molecular formula is C21H28N4O7. The summed E-state index contributed by atoms with van der Waals surface area (Å²) in [6.45, 7) is 1.34. The van der Waals surface area contributed by atoms with Crippen LogP contribution >= 0.6 is 0 Å². The van der Waals surface area contributed by atoms with Gasteiger partial charge >= 0.3 is 5.97 Å². The summed E-state index contributed by atoms with van der Waals surface area (Å²) in [5, 5.41) is 23.4. The maximum atomic E-state index is 12.7. The zero-order chi connectivity index (χ0) is 24.1. The number of nitrogens with one attached hydrogen (secondary N) is 4. The predicted molar refractivity (Wildman–Crippen MR) is 114 cm³/mol. The Morgan fingerprint density at radius 2 is 1.59 bits per heavy atom. The largest absolute Gasteiger partial charge is 0.497 e. The van der Waals surface area contributed by atoms with E-state index < -0.39 is 41.6 Å². The van der Waals surface area contributed by atoms with Crippen LogP contribution in [0.15, 0.2) is 24.3 Å². The first-order valence-corrected chi connectivity index (χ1v) is 9.89. The van der Waals surface area contributed by atoms with Crippen molar-refractivity contribution >= 4 is 35.7 Å². The Morgan fingerprint density at radius 3 is 2.12 bits per heavy atom. The molecule has 1 aromatic carbocycles. The van der Waals surface area contributed by atoms with E-state index >= 15 is 0 Å². The van der Waals surface area contributed by atoms with Gasteiger partial charge in [0.15, 0.2) is 5.78 Å². The number of hydrogen-bond acceptors (Lipinski definition) is 7. The first-order chi connectivity index (χ1) is 15.2. The van der Waals surface area contributed by atoms with Crippen LogP contribution in [-0.2, 0) is 30.5 Å². The summed E-state index contributed by atoms with van der Waals surface area (Å²) in [7, 11) is 1.53. The highest BCUT2D eigenvalue weighted by molar-refractivity contribution is 6.26. The van der Waals surface area contributed by atoms with Crippen molar-refractivity contribution in [2.24, 2.45) is 0 Å². The van der Waals surface area contributed by atoms with Crippen molar-refractivity contribution in [1.29, 1.82) is 5.41 Å². The van der Waals surface area contributed by atoms with Crippen molar-refractivity contribution in [3.63, 3.8) is 0 Å². The molecule has 174 valence electrons. The second kappa shape index (κ2) is 13.5. The van der Waals surface area contributed by atoms with E-state index in [2.05, 4.69) is 16.0 Å². The Kier molecular flexibility index (Phi) is 11.1. The van der Waals surface area contributed by atoms with Gasteiger partial charge in [0.05, 0.1) is 13.3 Å². The fourth-order valence-electron chi connectivity index (χ4n) is 2.74. The Bertz CT molecular complexity index is 839. The van der Waals surface area contributed by atoms with Crippen molar-refractivity contribution in [3.8, 4) is 5.75 Å². The molecule has 0 aliphatic rings. The van der Waals surface area contributed by atoms with Crippen molar-refractivity contribution in [2.75, 3.05) is 7.11 Å². The van der Waals surface area contributed by atoms with Gasteiger partial charge in [0.1, 0.15) is 17.8 Å². The minimum absolute atomic E-state index is 0.0693. The van der Waals surface area contributed by atoms with E-state index in [0.717, 1.165) is 5.56 Å². The normalized spacial score (nSPS) is 12.1. The van der Waals surface area contributed by atoms with Gasteiger partial charge in [-0.3, -0.25) is 24.0 Å². The molecule has 0 spiro atoms. The highest BCUT2D eigenvalue weighted by Crippen LogP contribution is 2.11. The van der Waals surface area contributed by atoms with Crippen LogP contribution in [0.25, 0.3) is 0 Å². The lowest BCUT2D eigenvalue weighted by Crippen LogP contribution is -2.53. The molecule has 32 heavy (non-hydrogen) atoms. The molecule has 3 amide bonds. The second-order valence-electron chi connectivity index (χ2n) is 6.96. The van der Waals surface area contributed by atoms with Crippen LogP contribution in [0.3, 0.4) is 0 Å². The number of rotatable bonds is 14. The van der Waals surface area contributed by atoms with E-state index in [1.807, 2.05) is 0 Å². The van der Waals surface area contributed by atoms with Crippen LogP contribution in [0, 0.1) is 5.41 Å². The molecule has 11 nitrogen and oxygen atoms in total. The van der Waals surface area contributed by atoms with Crippen LogP contribution < -0.4 is 20.7 Å². The zero-order valence-electron chi connectivity index (χ0n) is 18.0. The number of hydrogen-bond donors (Lipinski definition) is 5. The standard InChI is InChI=1S/C21H28N4O7/c1-13(26)24-18(9-10-19(28)29)21(31)25-17(8-5-15(27)11-22)20(30)23-12-14-3-6-16(32-2)7-4-14/h3-4,6-7,11,17-18,22H,5,8-10,12H2,1-2H3,(H,23,30)(H,24,26)(H,25,31)(H,28,29)/t17-,18-/m0/s1. The number of ketones is 1. The van der Waals surface area contributed by atoms with Crippen molar-refractivity contribution < 1.29 is 33.8 Å². The molecule has 0 saturated carbocycles. The van der Waals surface area contributed by atoms with Crippen LogP contribution in [-0.4, -0.2) is 60.0 Å². The van der Waals surface area contributed by atoms with Crippen molar-refractivity contribution in [2.45, 2.75) is 51.2 Å². The summed E-state index contributed by atoms with van der Waals surface area (Å²) in [6, 6.07) is 4.69. The van der Waals surface area contributed by atoms with Crippen molar-refractivity contribution in [1.82, 2.24) is 16.0 Å². The molecule has 2 atom stereocenters. The third-order valence-corrected chi connectivity index (χ3v) is 4.44. The molecule has 1 rings (SSSR count). The number of Topliss-reactive ketones (excluding diaryl/α,β-unsaturated/α-hetero) is 1. The van der Waals surface area contributed by atoms with Gasteiger partial charge in [-0.2, -0.15) is 0 Å². The van der Waals surface area contributed by atoms with E-state index in [9.17, 15) is 24.0 Å². The molecule has 0 aromatic heterocycles. The summed E-state index contributed by atoms with van der Waals surface area (Å²) >= 11 is 0. The summed E-state index contributed by atoms with van der Waals surface area (Å²) in [5.74, 6) is -2.84. The number of amides is 3. The second-order valence-corrected chi connectivity index (χ2v) is 6.96. The SMILES string of the molecule is COc1ccc(CNC(=O)[C@H](CCC(=O)C=N)NC(=O)[C@H](CCC(=O)O)NC(C)=O)cc1. The smallest absolute Gasteiger partial charge is 0.303 e. The van der Waals surface area contributed by atoms with Gasteiger partial charge in [-0.1, -0.05) is 12.1 Å². The Hall–Kier alpha value is -3.76. The Labute approximate surface area is 185 Å². The van der Waals surface area contributed by atoms with Gasteiger partial charge in [0.2, 0.25) is 17.7 Å². The van der Waals surface area contributed by atoms with Gasteiger partial charge in [-0.25, -0.2) is 0 Å². The first kappa shape index (κ1) is 26.3. The quantitative estimate of drug-likeness (QED) is 0.252. The summed E-state index contributed by atoms with van der Waals surface area (Å²) in [5.41, 5.74) is 0.775. The van der Waals surface area contributed by atoms with Gasteiger partial charge in [0.25, 0.3) is 0 Å². The highest BCUT2D eigenvalue weighted by Gasteiger charge is 2.27. The fraction of sp³-hybridized carbons (Fsp3) is 0.429. The van der Waals surface area contributed by atoms with Gasteiger partial charge < -0.3 is 31.2 Å². The molecule has 0 aliphatic heterocycles. The number of benzene rings is 1. The minimum Gasteiger partial charge on any atom is -0.497 e. The molecule has 0 unspecified atom stereocenters. The van der Waals surface area contributed by atoms with Gasteiger partial charge in [0, 0.05) is 26.3 Å². The summed E-state index contributed by atoms with van der Waals surface area (Å²) in [4.78, 5) is 59.0. The molecule has 0 fully saturated rings. The number of ether oxygens (including phenoxy) is 1. The number of carboxylic acids is 1. The maximum absolute atomic E-state index is 12.7. The predicted octanol–water partition coefficient (Wildman–Crippen LogP) is 0.165. The van der Waals surface area contributed by atoms with Crippen LogP contribution in [0.2, 0.25) is 0 Å². The van der Waals surface area contributed by atoms with E-state index in [0.29, 0.717) is 12.0 Å². The van der Waals surface area contributed by atoms with E-state index in [4.69, 9.17) is 15.3 Å². The number of carbonyl (C=O) groups is 5. The van der Waals surface area contributed by atoms with Crippen LogP contribution in [0.5, 0.6) is 5.75 Å². The summed E-state index contributed by atoms with van der Waals surface area (Å²) in [6.07, 6.45) is -0.120. The zero-order valence-corrected chi connectivity index (χ0v) is 18.0. The monoisotopic (exact) mass is 448 g/mol. The summed E-state index contributed by atoms with van der Waals surface area (Å²) < 4.78 is 5.07. The number of carboxylic acid groups (broad SMARTS) is 1. The molecule has 0 radical (unpaired) electrons. The lowest BCUT2D eigenvalue weighted by molar-refractivity contribution is -0.138. The average Bonchev–Trinajstić information content (AvgIpc) is 2.77. The Balaban J connectivity index is 2.86. The fourth-order valence-corrected chi connectivity index (χ4v) is 2.74. The lowest BCUT2D eigenvalue weighted by Gasteiger charge is -2.22. The molecule has 1 aromatic rings. The maximum Gasteiger partial charge on any atom is 0.303 e. The molecule has 11 heteroatoms. The molecule has 0 aliphatic carbocycles. The van der Waals surface area contributed by atoms with Crippen molar-refractivity contribution in [3.05, 3.63) is 29.8 Å². The number of aliphatic carboxylic acids is 1. The number of carbonyl (C=O) groups excluding carboxylic acids is 4.